The van der Waals surface area contributed by atoms with Crippen LogP contribution >= 0.6 is 0 Å². The third kappa shape index (κ3) is 1.15. The van der Waals surface area contributed by atoms with Crippen LogP contribution in [0, 0.1) is 0 Å². The Bertz CT molecular complexity index is 503. The molecule has 0 atom stereocenters. The fourth-order valence-corrected chi connectivity index (χ4v) is 1.21. The molecule has 7 nitrogen and oxygen atoms in total. The van der Waals surface area contributed by atoms with Gasteiger partial charge in [0.25, 0.3) is 0 Å². The molecule has 0 saturated heterocycles. The Hall–Kier alpha value is -2.15. The molecule has 0 radical (unpaired) electrons. The van der Waals surface area contributed by atoms with Crippen molar-refractivity contribution in [3.8, 4) is 0 Å². The summed E-state index contributed by atoms with van der Waals surface area (Å²) in [5.74, 6) is -1.47. The first-order valence-corrected chi connectivity index (χ1v) is 3.70. The van der Waals surface area contributed by atoms with Gasteiger partial charge in [-0.3, -0.25) is 5.21 Å². The number of aromatic amines is 1. The number of fused-ring (bicyclic) bond motifs is 1. The smallest absolute Gasteiger partial charge is 0.352 e. The van der Waals surface area contributed by atoms with E-state index in [0.717, 1.165) is 0 Å². The number of aromatic nitrogens is 1. The molecule has 0 saturated carbocycles. The second-order valence-corrected chi connectivity index (χ2v) is 2.75. The number of carbonyl (C=O) groups is 1. The number of carboxylic acids is 1. The molecule has 0 amide bonds. The van der Waals surface area contributed by atoms with Crippen LogP contribution in [0.25, 0.3) is 12.1 Å². The predicted molar refractivity (Wildman–Crippen MR) is 44.3 cm³/mol. The molecule has 1 aliphatic rings. The van der Waals surface area contributed by atoms with Gasteiger partial charge in [-0.05, 0) is 6.07 Å². The molecule has 2 heterocycles. The normalized spacial score (nSPS) is 14.4. The SMILES string of the molecule is O=C(O)c1cc2c([nH]1)=C(O)NN(O)C=2. The van der Waals surface area contributed by atoms with Gasteiger partial charge in [0.1, 0.15) is 11.0 Å². The highest BCUT2D eigenvalue weighted by atomic mass is 16.5. The van der Waals surface area contributed by atoms with E-state index in [1.54, 1.807) is 0 Å². The standard InChI is InChI=1S/C7H7N3O4/c11-6-5-3(2-10(14)9-6)1-4(8-5)7(12)13/h1-2,8-9,11,14H,(H,12,13). The van der Waals surface area contributed by atoms with Gasteiger partial charge >= 0.3 is 5.97 Å². The highest BCUT2D eigenvalue weighted by Crippen LogP contribution is 1.91. The van der Waals surface area contributed by atoms with Crippen molar-refractivity contribution >= 4 is 18.1 Å². The average Bonchev–Trinajstić information content (AvgIpc) is 2.47. The minimum absolute atomic E-state index is 0.0603. The van der Waals surface area contributed by atoms with Crippen LogP contribution in [-0.2, 0) is 0 Å². The molecule has 74 valence electrons. The Kier molecular flexibility index (Phi) is 1.61. The Morgan fingerprint density at radius 1 is 1.50 bits per heavy atom. The van der Waals surface area contributed by atoms with Crippen molar-refractivity contribution in [3.63, 3.8) is 0 Å². The van der Waals surface area contributed by atoms with Gasteiger partial charge in [-0.25, -0.2) is 10.2 Å². The van der Waals surface area contributed by atoms with Crippen molar-refractivity contribution in [3.05, 3.63) is 22.3 Å². The number of hydrazine groups is 1. The van der Waals surface area contributed by atoms with Gasteiger partial charge in [0.2, 0.25) is 5.88 Å². The number of hydrogen-bond acceptors (Lipinski definition) is 5. The van der Waals surface area contributed by atoms with Gasteiger partial charge < -0.3 is 15.2 Å². The molecule has 0 fully saturated rings. The number of carboxylic acid groups (broad SMARTS) is 1. The number of rotatable bonds is 1. The van der Waals surface area contributed by atoms with Crippen LogP contribution in [-0.4, -0.2) is 31.5 Å². The molecule has 1 aliphatic heterocycles. The third-order valence-corrected chi connectivity index (χ3v) is 1.80. The zero-order valence-electron chi connectivity index (χ0n) is 6.85. The quantitative estimate of drug-likeness (QED) is 0.366. The minimum Gasteiger partial charge on any atom is -0.492 e. The molecule has 0 spiro atoms. The predicted octanol–water partition coefficient (Wildman–Crippen LogP) is -1.72. The number of aliphatic hydroxyl groups excluding tert-OH is 1. The highest BCUT2D eigenvalue weighted by Gasteiger charge is 2.12. The molecule has 14 heavy (non-hydrogen) atoms. The van der Waals surface area contributed by atoms with Gasteiger partial charge in [-0.15, -0.1) is 0 Å². The number of nitrogens with zero attached hydrogens (tertiary/aromatic N) is 1. The largest absolute Gasteiger partial charge is 0.492 e. The van der Waals surface area contributed by atoms with E-state index >= 15 is 0 Å². The van der Waals surface area contributed by atoms with Crippen LogP contribution in [0.15, 0.2) is 6.07 Å². The maximum Gasteiger partial charge on any atom is 0.352 e. The number of hydrogen-bond donors (Lipinski definition) is 5. The van der Waals surface area contributed by atoms with E-state index in [1.807, 2.05) is 0 Å². The van der Waals surface area contributed by atoms with Crippen LogP contribution in [0.1, 0.15) is 10.5 Å². The molecular formula is C7H7N3O4. The Morgan fingerprint density at radius 2 is 2.21 bits per heavy atom. The van der Waals surface area contributed by atoms with Crippen molar-refractivity contribution in [2.45, 2.75) is 0 Å². The maximum atomic E-state index is 10.6. The van der Waals surface area contributed by atoms with Crippen LogP contribution in [0.2, 0.25) is 0 Å². The van der Waals surface area contributed by atoms with E-state index in [-0.39, 0.29) is 16.9 Å². The summed E-state index contributed by atoms with van der Waals surface area (Å²) >= 11 is 0. The number of aromatic carboxylic acids is 1. The van der Waals surface area contributed by atoms with E-state index in [4.69, 9.17) is 10.3 Å². The van der Waals surface area contributed by atoms with E-state index in [0.29, 0.717) is 10.4 Å². The maximum absolute atomic E-state index is 10.6. The minimum atomic E-state index is -1.13. The summed E-state index contributed by atoms with van der Waals surface area (Å²) in [6.07, 6.45) is 1.23. The summed E-state index contributed by atoms with van der Waals surface area (Å²) in [6.45, 7) is 0. The molecule has 0 aromatic carbocycles. The van der Waals surface area contributed by atoms with Crippen LogP contribution in [0.5, 0.6) is 0 Å². The highest BCUT2D eigenvalue weighted by molar-refractivity contribution is 5.85. The van der Waals surface area contributed by atoms with Crippen LogP contribution in [0.3, 0.4) is 0 Å². The second kappa shape index (κ2) is 2.67. The lowest BCUT2D eigenvalue weighted by Crippen LogP contribution is -2.43. The van der Waals surface area contributed by atoms with Crippen molar-refractivity contribution < 1.29 is 20.2 Å². The summed E-state index contributed by atoms with van der Waals surface area (Å²) in [4.78, 5) is 13.1. The van der Waals surface area contributed by atoms with E-state index < -0.39 is 5.97 Å². The zero-order valence-corrected chi connectivity index (χ0v) is 6.85. The molecule has 2 rings (SSSR count). The van der Waals surface area contributed by atoms with Gasteiger partial charge in [0.05, 0.1) is 6.20 Å². The Morgan fingerprint density at radius 3 is 2.86 bits per heavy atom. The zero-order chi connectivity index (χ0) is 10.3. The molecular weight excluding hydrogens is 190 g/mol. The van der Waals surface area contributed by atoms with Gasteiger partial charge in [0.15, 0.2) is 0 Å². The number of hydroxylamine groups is 1. The Balaban J connectivity index is 2.72. The molecule has 0 unspecified atom stereocenters. The molecule has 7 heteroatoms. The first-order valence-electron chi connectivity index (χ1n) is 3.70. The first kappa shape index (κ1) is 8.45. The summed E-state index contributed by atoms with van der Waals surface area (Å²) in [7, 11) is 0. The fraction of sp³-hybridized carbons (Fsp3) is 0. The Labute approximate surface area is 77.1 Å². The number of nitrogens with one attached hydrogen (secondary N) is 2. The number of H-pyrrole nitrogens is 1. The van der Waals surface area contributed by atoms with Gasteiger partial charge in [0, 0.05) is 5.22 Å². The topological polar surface area (TPSA) is 109 Å². The molecule has 1 aromatic heterocycles. The summed E-state index contributed by atoms with van der Waals surface area (Å²) in [6, 6.07) is 1.30. The van der Waals surface area contributed by atoms with E-state index in [1.165, 1.54) is 12.3 Å². The lowest BCUT2D eigenvalue weighted by molar-refractivity contribution is -0.0594. The van der Waals surface area contributed by atoms with Crippen molar-refractivity contribution in [2.24, 2.45) is 0 Å². The summed E-state index contributed by atoms with van der Waals surface area (Å²) < 4.78 is 0. The molecule has 0 bridgehead atoms. The van der Waals surface area contributed by atoms with Gasteiger partial charge in [-0.1, -0.05) is 0 Å². The first-order chi connectivity index (χ1) is 6.58. The van der Waals surface area contributed by atoms with E-state index in [9.17, 15) is 9.90 Å². The lowest BCUT2D eigenvalue weighted by atomic mass is 10.4. The third-order valence-electron chi connectivity index (χ3n) is 1.80. The van der Waals surface area contributed by atoms with Crippen molar-refractivity contribution in [2.75, 3.05) is 0 Å². The van der Waals surface area contributed by atoms with E-state index in [2.05, 4.69) is 10.4 Å². The monoisotopic (exact) mass is 197 g/mol. The van der Waals surface area contributed by atoms with Crippen LogP contribution in [0.4, 0.5) is 0 Å². The summed E-state index contributed by atoms with van der Waals surface area (Å²) in [5.41, 5.74) is 2.11. The fourth-order valence-electron chi connectivity index (χ4n) is 1.21. The van der Waals surface area contributed by atoms with Gasteiger partial charge in [-0.2, -0.15) is 5.17 Å². The molecule has 1 aromatic rings. The second-order valence-electron chi connectivity index (χ2n) is 2.75. The molecule has 0 aliphatic carbocycles. The van der Waals surface area contributed by atoms with Crippen molar-refractivity contribution in [1.29, 1.82) is 0 Å². The van der Waals surface area contributed by atoms with Crippen molar-refractivity contribution in [1.82, 2.24) is 15.6 Å². The average molecular weight is 197 g/mol. The lowest BCUT2D eigenvalue weighted by Gasteiger charge is -2.15. The number of aliphatic hydroxyl groups is 1. The molecule has 5 N–H and O–H groups in total. The van der Waals surface area contributed by atoms with Crippen LogP contribution < -0.4 is 16.0 Å². The summed E-state index contributed by atoms with van der Waals surface area (Å²) in [5, 5.41) is 28.1.